The molecule has 0 unspecified atom stereocenters. The van der Waals surface area contributed by atoms with Crippen LogP contribution in [0, 0.1) is 0 Å². The van der Waals surface area contributed by atoms with Crippen LogP contribution < -0.4 is 0 Å². The molecule has 2 heterocycles. The van der Waals surface area contributed by atoms with Gasteiger partial charge < -0.3 is 0 Å². The summed E-state index contributed by atoms with van der Waals surface area (Å²) in [5.74, 6) is 0.0361. The van der Waals surface area contributed by atoms with Crippen LogP contribution in [-0.2, 0) is 21.9 Å². The Morgan fingerprint density at radius 3 is 2.28 bits per heavy atom. The first kappa shape index (κ1) is 19.4. The normalized spacial score (nSPS) is 14.0. The number of pyridine rings is 1. The van der Waals surface area contributed by atoms with Gasteiger partial charge in [0.25, 0.3) is 11.8 Å². The van der Waals surface area contributed by atoms with Crippen LogP contribution in [-0.4, -0.2) is 21.7 Å². The number of thioether (sulfide) groups is 1. The van der Waals surface area contributed by atoms with Gasteiger partial charge in [0, 0.05) is 23.2 Å². The maximum Gasteiger partial charge on any atom is 0.268 e. The maximum atomic E-state index is 13.2. The largest absolute Gasteiger partial charge is 0.269 e. The highest BCUT2D eigenvalue weighted by Gasteiger charge is 2.39. The number of halogens is 1. The zero-order valence-corrected chi connectivity index (χ0v) is 17.0. The van der Waals surface area contributed by atoms with E-state index in [0.717, 1.165) is 11.1 Å². The minimum Gasteiger partial charge on any atom is -0.269 e. The molecule has 0 saturated heterocycles. The van der Waals surface area contributed by atoms with E-state index in [1.54, 1.807) is 42.7 Å². The maximum absolute atomic E-state index is 13.2. The lowest BCUT2D eigenvalue weighted by molar-refractivity contribution is -0.137. The molecule has 0 N–H and O–H groups in total. The summed E-state index contributed by atoms with van der Waals surface area (Å²) in [6.07, 6.45) is 3.33. The number of carbonyl (C=O) groups is 2. The average molecular weight is 421 g/mol. The number of aromatic nitrogens is 1. The Hall–Kier alpha value is -2.89. The molecule has 144 valence electrons. The van der Waals surface area contributed by atoms with Crippen LogP contribution in [0.4, 0.5) is 0 Å². The SMILES string of the molecule is O=C1C(SCc2ccccc2)=C(c2ccc(Cl)cc2)C(=O)N1Cc1cccnc1. The van der Waals surface area contributed by atoms with E-state index in [2.05, 4.69) is 4.98 Å². The Morgan fingerprint density at radius 2 is 1.59 bits per heavy atom. The summed E-state index contributed by atoms with van der Waals surface area (Å²) in [5, 5.41) is 0.580. The number of hydrogen-bond acceptors (Lipinski definition) is 4. The van der Waals surface area contributed by atoms with Gasteiger partial charge in [-0.05, 0) is 34.9 Å². The van der Waals surface area contributed by atoms with Crippen LogP contribution in [0.5, 0.6) is 0 Å². The van der Waals surface area contributed by atoms with Crippen LogP contribution in [0.3, 0.4) is 0 Å². The van der Waals surface area contributed by atoms with Crippen LogP contribution in [0.2, 0.25) is 5.02 Å². The average Bonchev–Trinajstić information content (AvgIpc) is 2.98. The second-order valence-corrected chi connectivity index (χ2v) is 7.97. The van der Waals surface area contributed by atoms with Crippen molar-refractivity contribution >= 4 is 40.8 Å². The van der Waals surface area contributed by atoms with Crippen molar-refractivity contribution in [2.75, 3.05) is 0 Å². The molecule has 0 spiro atoms. The number of nitrogens with zero attached hydrogens (tertiary/aromatic N) is 2. The van der Waals surface area contributed by atoms with Gasteiger partial charge in [-0.2, -0.15) is 0 Å². The fourth-order valence-corrected chi connectivity index (χ4v) is 4.32. The predicted molar refractivity (Wildman–Crippen MR) is 116 cm³/mol. The predicted octanol–water partition coefficient (Wildman–Crippen LogP) is 4.95. The summed E-state index contributed by atoms with van der Waals surface area (Å²) in [6.45, 7) is 0.192. The Balaban J connectivity index is 1.67. The third-order valence-corrected chi connectivity index (χ3v) is 5.94. The van der Waals surface area contributed by atoms with E-state index in [9.17, 15) is 9.59 Å². The van der Waals surface area contributed by atoms with Crippen molar-refractivity contribution in [1.82, 2.24) is 9.88 Å². The molecular formula is C23H17ClN2O2S. The van der Waals surface area contributed by atoms with E-state index in [-0.39, 0.29) is 18.4 Å². The molecular weight excluding hydrogens is 404 g/mol. The van der Waals surface area contributed by atoms with Crippen LogP contribution >= 0.6 is 23.4 Å². The molecule has 29 heavy (non-hydrogen) atoms. The zero-order valence-electron chi connectivity index (χ0n) is 15.4. The topological polar surface area (TPSA) is 50.3 Å². The van der Waals surface area contributed by atoms with Crippen molar-refractivity contribution in [1.29, 1.82) is 0 Å². The lowest BCUT2D eigenvalue weighted by Gasteiger charge is -2.15. The van der Waals surface area contributed by atoms with E-state index < -0.39 is 0 Å². The van der Waals surface area contributed by atoms with Gasteiger partial charge in [0.15, 0.2) is 0 Å². The molecule has 0 radical (unpaired) electrons. The molecule has 4 rings (SSSR count). The second kappa shape index (κ2) is 8.64. The Labute approximate surface area is 178 Å². The smallest absolute Gasteiger partial charge is 0.268 e. The molecule has 0 fully saturated rings. The van der Waals surface area contributed by atoms with Crippen molar-refractivity contribution in [2.45, 2.75) is 12.3 Å². The van der Waals surface area contributed by atoms with Crippen molar-refractivity contribution < 1.29 is 9.59 Å². The lowest BCUT2D eigenvalue weighted by Crippen LogP contribution is -2.31. The molecule has 1 aromatic heterocycles. The summed E-state index contributed by atoms with van der Waals surface area (Å²) < 4.78 is 0. The van der Waals surface area contributed by atoms with Gasteiger partial charge >= 0.3 is 0 Å². The highest BCUT2D eigenvalue weighted by atomic mass is 35.5. The summed E-state index contributed by atoms with van der Waals surface area (Å²) in [7, 11) is 0. The molecule has 0 bridgehead atoms. The molecule has 2 aromatic carbocycles. The van der Waals surface area contributed by atoms with Crippen molar-refractivity contribution in [3.63, 3.8) is 0 Å². The molecule has 0 atom stereocenters. The number of rotatable bonds is 6. The molecule has 3 aromatic rings. The van der Waals surface area contributed by atoms with Crippen molar-refractivity contribution in [3.8, 4) is 0 Å². The van der Waals surface area contributed by atoms with E-state index in [1.807, 2.05) is 36.4 Å². The first-order valence-corrected chi connectivity index (χ1v) is 10.4. The zero-order chi connectivity index (χ0) is 20.2. The second-order valence-electron chi connectivity index (χ2n) is 6.54. The van der Waals surface area contributed by atoms with Crippen molar-refractivity contribution in [2.24, 2.45) is 0 Å². The molecule has 4 nitrogen and oxygen atoms in total. The Bertz CT molecular complexity index is 1070. The van der Waals surface area contributed by atoms with Gasteiger partial charge in [-0.3, -0.25) is 19.5 Å². The third-order valence-electron chi connectivity index (χ3n) is 4.55. The first-order valence-electron chi connectivity index (χ1n) is 9.05. The number of carbonyl (C=O) groups excluding carboxylic acids is 2. The highest BCUT2D eigenvalue weighted by Crippen LogP contribution is 2.38. The van der Waals surface area contributed by atoms with E-state index in [0.29, 0.717) is 26.8 Å². The lowest BCUT2D eigenvalue weighted by atomic mass is 10.1. The fraction of sp³-hybridized carbons (Fsp3) is 0.0870. The molecule has 0 saturated carbocycles. The number of benzene rings is 2. The van der Waals surface area contributed by atoms with Crippen LogP contribution in [0.15, 0.2) is 84.0 Å². The Morgan fingerprint density at radius 1 is 0.862 bits per heavy atom. The summed E-state index contributed by atoms with van der Waals surface area (Å²) >= 11 is 7.40. The Kier molecular flexibility index (Phi) is 5.79. The molecule has 6 heteroatoms. The number of imide groups is 1. The molecule has 0 aliphatic carbocycles. The summed E-state index contributed by atoms with van der Waals surface area (Å²) in [5.41, 5.74) is 3.01. The minimum absolute atomic E-state index is 0.192. The van der Waals surface area contributed by atoms with Crippen LogP contribution in [0.25, 0.3) is 5.57 Å². The standard InChI is InChI=1S/C23H17ClN2O2S/c24-19-10-8-18(9-11-19)20-21(29-15-16-5-2-1-3-6-16)23(28)26(22(20)27)14-17-7-4-12-25-13-17/h1-13H,14-15H2. The quantitative estimate of drug-likeness (QED) is 0.529. The van der Waals surface area contributed by atoms with Crippen molar-refractivity contribution in [3.05, 3.63) is 106 Å². The van der Waals surface area contributed by atoms with E-state index in [4.69, 9.17) is 11.6 Å². The molecule has 2 amide bonds. The fourth-order valence-electron chi connectivity index (χ4n) is 3.11. The number of hydrogen-bond donors (Lipinski definition) is 0. The van der Waals surface area contributed by atoms with Gasteiger partial charge in [0.05, 0.1) is 17.0 Å². The van der Waals surface area contributed by atoms with Gasteiger partial charge in [-0.1, -0.05) is 60.1 Å². The summed E-state index contributed by atoms with van der Waals surface area (Å²) in [6, 6.07) is 20.5. The van der Waals surface area contributed by atoms with E-state index >= 15 is 0 Å². The molecule has 1 aliphatic rings. The number of amides is 2. The third kappa shape index (κ3) is 4.26. The molecule has 1 aliphatic heterocycles. The summed E-state index contributed by atoms with van der Waals surface area (Å²) in [4.78, 5) is 32.2. The van der Waals surface area contributed by atoms with Crippen LogP contribution in [0.1, 0.15) is 16.7 Å². The highest BCUT2D eigenvalue weighted by molar-refractivity contribution is 8.03. The van der Waals surface area contributed by atoms with Gasteiger partial charge in [0.2, 0.25) is 0 Å². The van der Waals surface area contributed by atoms with Gasteiger partial charge in [-0.15, -0.1) is 11.8 Å². The first-order chi connectivity index (χ1) is 14.1. The van der Waals surface area contributed by atoms with E-state index in [1.165, 1.54) is 16.7 Å². The minimum atomic E-state index is -0.295. The monoisotopic (exact) mass is 420 g/mol. The van der Waals surface area contributed by atoms with Gasteiger partial charge in [-0.25, -0.2) is 0 Å². The van der Waals surface area contributed by atoms with Gasteiger partial charge in [0.1, 0.15) is 0 Å².